The molecule has 0 aromatic carbocycles. The van der Waals surface area contributed by atoms with Crippen LogP contribution in [0.2, 0.25) is 0 Å². The maximum absolute atomic E-state index is 6.07. The largest absolute Gasteiger partial charge is 0.396 e. The van der Waals surface area contributed by atoms with E-state index in [0.717, 1.165) is 23.7 Å². The summed E-state index contributed by atoms with van der Waals surface area (Å²) < 4.78 is 0. The third-order valence-corrected chi connectivity index (χ3v) is 3.57. The lowest BCUT2D eigenvalue weighted by Gasteiger charge is -2.37. The van der Waals surface area contributed by atoms with E-state index in [-0.39, 0.29) is 0 Å². The smallest absolute Gasteiger partial charge is 0.152 e. The average Bonchev–Trinajstić information content (AvgIpc) is 2.34. The molecule has 1 atom stereocenters. The van der Waals surface area contributed by atoms with Gasteiger partial charge in [0.15, 0.2) is 5.82 Å². The molecule has 0 spiro atoms. The second-order valence-corrected chi connectivity index (χ2v) is 5.00. The summed E-state index contributed by atoms with van der Waals surface area (Å²) in [5.41, 5.74) is 7.94. The first-order valence-corrected chi connectivity index (χ1v) is 6.72. The van der Waals surface area contributed by atoms with Crippen LogP contribution in [0.15, 0.2) is 12.1 Å². The first-order chi connectivity index (χ1) is 8.22. The van der Waals surface area contributed by atoms with E-state index in [0.29, 0.717) is 6.04 Å². The van der Waals surface area contributed by atoms with Crippen LogP contribution < -0.4 is 10.6 Å². The molecule has 1 aromatic heterocycles. The van der Waals surface area contributed by atoms with Crippen LogP contribution in [0.3, 0.4) is 0 Å². The van der Waals surface area contributed by atoms with Gasteiger partial charge in [-0.25, -0.2) is 4.98 Å². The number of hydrogen-bond acceptors (Lipinski definition) is 3. The third-order valence-electron chi connectivity index (χ3n) is 3.57. The van der Waals surface area contributed by atoms with Crippen molar-refractivity contribution in [1.29, 1.82) is 0 Å². The Balaban J connectivity index is 2.25. The van der Waals surface area contributed by atoms with Gasteiger partial charge in [-0.05, 0) is 44.7 Å². The topological polar surface area (TPSA) is 42.2 Å². The first-order valence-electron chi connectivity index (χ1n) is 6.72. The predicted molar refractivity (Wildman–Crippen MR) is 73.3 cm³/mol. The Hall–Kier alpha value is -1.25. The highest BCUT2D eigenvalue weighted by Gasteiger charge is 2.24. The molecule has 3 nitrogen and oxygen atoms in total. The van der Waals surface area contributed by atoms with E-state index in [1.165, 1.54) is 32.1 Å². The monoisotopic (exact) mass is 233 g/mol. The van der Waals surface area contributed by atoms with E-state index in [9.17, 15) is 0 Å². The van der Waals surface area contributed by atoms with Crippen molar-refractivity contribution in [3.8, 4) is 0 Å². The lowest BCUT2D eigenvalue weighted by atomic mass is 9.98. The highest BCUT2D eigenvalue weighted by atomic mass is 15.2. The van der Waals surface area contributed by atoms with Gasteiger partial charge in [0.05, 0.1) is 5.69 Å². The van der Waals surface area contributed by atoms with Gasteiger partial charge in [-0.3, -0.25) is 0 Å². The molecule has 94 valence electrons. The minimum atomic E-state index is 0.630. The number of nitrogen functional groups attached to an aromatic ring is 1. The average molecular weight is 233 g/mol. The maximum atomic E-state index is 6.07. The zero-order valence-corrected chi connectivity index (χ0v) is 10.9. The minimum absolute atomic E-state index is 0.630. The molecular weight excluding hydrogens is 210 g/mol. The fourth-order valence-electron chi connectivity index (χ4n) is 2.70. The molecule has 3 heteroatoms. The van der Waals surface area contributed by atoms with Gasteiger partial charge in [-0.2, -0.15) is 0 Å². The Kier molecular flexibility index (Phi) is 3.87. The van der Waals surface area contributed by atoms with Gasteiger partial charge in [0.2, 0.25) is 0 Å². The summed E-state index contributed by atoms with van der Waals surface area (Å²) in [7, 11) is 0. The maximum Gasteiger partial charge on any atom is 0.152 e. The van der Waals surface area contributed by atoms with Crippen LogP contribution in [0.4, 0.5) is 11.5 Å². The molecule has 1 unspecified atom stereocenters. The van der Waals surface area contributed by atoms with Gasteiger partial charge < -0.3 is 10.6 Å². The number of piperidine rings is 1. The molecule has 2 N–H and O–H groups in total. The lowest BCUT2D eigenvalue weighted by Crippen LogP contribution is -2.40. The van der Waals surface area contributed by atoms with E-state index in [2.05, 4.69) is 16.8 Å². The molecule has 0 bridgehead atoms. The standard InChI is InChI=1S/C14H23N3/c1-3-6-12-7-4-5-10-17(12)14-13(15)9-8-11(2)16-14/h8-9,12H,3-7,10,15H2,1-2H3. The molecule has 1 aliphatic heterocycles. The zero-order chi connectivity index (χ0) is 12.3. The van der Waals surface area contributed by atoms with Crippen molar-refractivity contribution in [3.05, 3.63) is 17.8 Å². The molecule has 1 fully saturated rings. The SMILES string of the molecule is CCCC1CCCCN1c1nc(C)ccc1N. The lowest BCUT2D eigenvalue weighted by molar-refractivity contribution is 0.432. The molecule has 2 heterocycles. The number of nitrogens with zero attached hydrogens (tertiary/aromatic N) is 2. The molecule has 1 aromatic rings. The number of aryl methyl sites for hydroxylation is 1. The van der Waals surface area contributed by atoms with Crippen molar-refractivity contribution >= 4 is 11.5 Å². The van der Waals surface area contributed by atoms with Crippen LogP contribution in [0, 0.1) is 6.92 Å². The molecule has 1 saturated heterocycles. The third kappa shape index (κ3) is 2.71. The Labute approximate surface area is 104 Å². The molecule has 0 radical (unpaired) electrons. The van der Waals surface area contributed by atoms with Crippen molar-refractivity contribution in [3.63, 3.8) is 0 Å². The Morgan fingerprint density at radius 1 is 1.41 bits per heavy atom. The van der Waals surface area contributed by atoms with E-state index < -0.39 is 0 Å². The van der Waals surface area contributed by atoms with Crippen LogP contribution >= 0.6 is 0 Å². The summed E-state index contributed by atoms with van der Waals surface area (Å²) in [6.45, 7) is 5.38. The first kappa shape index (κ1) is 12.2. The summed E-state index contributed by atoms with van der Waals surface area (Å²) in [4.78, 5) is 7.06. The fourth-order valence-corrected chi connectivity index (χ4v) is 2.70. The number of hydrogen-bond donors (Lipinski definition) is 1. The predicted octanol–water partition coefficient (Wildman–Crippen LogP) is 3.13. The Bertz CT molecular complexity index is 374. The number of aromatic nitrogens is 1. The van der Waals surface area contributed by atoms with Crippen LogP contribution in [-0.2, 0) is 0 Å². The fraction of sp³-hybridized carbons (Fsp3) is 0.643. The van der Waals surface area contributed by atoms with Crippen molar-refractivity contribution in [1.82, 2.24) is 4.98 Å². The van der Waals surface area contributed by atoms with E-state index >= 15 is 0 Å². The van der Waals surface area contributed by atoms with Gasteiger partial charge >= 0.3 is 0 Å². The van der Waals surface area contributed by atoms with Crippen LogP contribution in [-0.4, -0.2) is 17.6 Å². The number of anilines is 2. The molecule has 0 amide bonds. The van der Waals surface area contributed by atoms with Gasteiger partial charge in [0, 0.05) is 18.3 Å². The van der Waals surface area contributed by atoms with Crippen LogP contribution in [0.1, 0.15) is 44.7 Å². The number of rotatable bonds is 3. The van der Waals surface area contributed by atoms with Crippen molar-refractivity contribution < 1.29 is 0 Å². The van der Waals surface area contributed by atoms with E-state index in [4.69, 9.17) is 5.73 Å². The van der Waals surface area contributed by atoms with Gasteiger partial charge in [0.1, 0.15) is 0 Å². The molecule has 0 aliphatic carbocycles. The van der Waals surface area contributed by atoms with E-state index in [1.807, 2.05) is 19.1 Å². The van der Waals surface area contributed by atoms with Crippen molar-refractivity contribution in [2.75, 3.05) is 17.2 Å². The quantitative estimate of drug-likeness (QED) is 0.872. The summed E-state index contributed by atoms with van der Waals surface area (Å²) in [6.07, 6.45) is 6.35. The molecule has 0 saturated carbocycles. The van der Waals surface area contributed by atoms with Crippen LogP contribution in [0.5, 0.6) is 0 Å². The van der Waals surface area contributed by atoms with Crippen molar-refractivity contribution in [2.45, 2.75) is 52.0 Å². The molecular formula is C14H23N3. The summed E-state index contributed by atoms with van der Waals surface area (Å²) in [6, 6.07) is 4.60. The molecule has 1 aliphatic rings. The van der Waals surface area contributed by atoms with E-state index in [1.54, 1.807) is 0 Å². The summed E-state index contributed by atoms with van der Waals surface area (Å²) >= 11 is 0. The Morgan fingerprint density at radius 3 is 3.00 bits per heavy atom. The number of pyridine rings is 1. The van der Waals surface area contributed by atoms with Crippen molar-refractivity contribution in [2.24, 2.45) is 0 Å². The van der Waals surface area contributed by atoms with Gasteiger partial charge in [0.25, 0.3) is 0 Å². The minimum Gasteiger partial charge on any atom is -0.396 e. The summed E-state index contributed by atoms with van der Waals surface area (Å²) in [5, 5.41) is 0. The molecule has 17 heavy (non-hydrogen) atoms. The highest BCUT2D eigenvalue weighted by Crippen LogP contribution is 2.29. The molecule has 2 rings (SSSR count). The van der Waals surface area contributed by atoms with Gasteiger partial charge in [-0.1, -0.05) is 13.3 Å². The Morgan fingerprint density at radius 2 is 2.24 bits per heavy atom. The highest BCUT2D eigenvalue weighted by molar-refractivity contribution is 5.63. The summed E-state index contributed by atoms with van der Waals surface area (Å²) in [5.74, 6) is 1.00. The van der Waals surface area contributed by atoms with Crippen LogP contribution in [0.25, 0.3) is 0 Å². The number of nitrogens with two attached hydrogens (primary N) is 1. The second kappa shape index (κ2) is 5.39. The van der Waals surface area contributed by atoms with Gasteiger partial charge in [-0.15, -0.1) is 0 Å². The zero-order valence-electron chi connectivity index (χ0n) is 10.9. The normalized spacial score (nSPS) is 20.6. The second-order valence-electron chi connectivity index (χ2n) is 5.00.